The van der Waals surface area contributed by atoms with E-state index in [9.17, 15) is 0 Å². The first kappa shape index (κ1) is 8.83. The van der Waals surface area contributed by atoms with Gasteiger partial charge >= 0.3 is 0 Å². The van der Waals surface area contributed by atoms with Crippen LogP contribution < -0.4 is 0 Å². The van der Waals surface area contributed by atoms with Crippen LogP contribution in [0.4, 0.5) is 0 Å². The third kappa shape index (κ3) is 3.60. The van der Waals surface area contributed by atoms with E-state index < -0.39 is 0 Å². The molecule has 0 saturated heterocycles. The molecular weight excluding hydrogens is 132 g/mol. The van der Waals surface area contributed by atoms with E-state index in [2.05, 4.69) is 12.7 Å². The first-order valence-electron chi connectivity index (χ1n) is 5.06. The first-order valence-corrected chi connectivity index (χ1v) is 5.06. The van der Waals surface area contributed by atoms with Gasteiger partial charge in [0.1, 0.15) is 0 Å². The van der Waals surface area contributed by atoms with Crippen molar-refractivity contribution < 1.29 is 0 Å². The molecule has 0 aromatic carbocycles. The zero-order chi connectivity index (χ0) is 7.94. The summed E-state index contributed by atoms with van der Waals surface area (Å²) in [5.74, 6) is 0.827. The molecule has 1 saturated carbocycles. The molecule has 11 heavy (non-hydrogen) atoms. The largest absolute Gasteiger partial charge is 0.103 e. The second kappa shape index (κ2) is 5.40. The Bertz CT molecular complexity index is 94.6. The first-order chi connectivity index (χ1) is 5.43. The van der Waals surface area contributed by atoms with Crippen molar-refractivity contribution >= 4 is 0 Å². The van der Waals surface area contributed by atoms with Gasteiger partial charge in [0, 0.05) is 0 Å². The molecule has 0 heteroatoms. The molecule has 0 unspecified atom stereocenters. The van der Waals surface area contributed by atoms with Crippen LogP contribution in [-0.2, 0) is 0 Å². The van der Waals surface area contributed by atoms with E-state index in [4.69, 9.17) is 0 Å². The summed E-state index contributed by atoms with van der Waals surface area (Å²) in [7, 11) is 0. The highest BCUT2D eigenvalue weighted by atomic mass is 14.1. The van der Waals surface area contributed by atoms with Crippen molar-refractivity contribution in [3.63, 3.8) is 0 Å². The molecule has 1 rings (SSSR count). The monoisotopic (exact) mass is 152 g/mol. The third-order valence-electron chi connectivity index (χ3n) is 2.73. The highest BCUT2D eigenvalue weighted by molar-refractivity contribution is 4.79. The molecule has 0 nitrogen and oxygen atoms in total. The molecule has 0 aromatic heterocycles. The molecule has 0 radical (unpaired) electrons. The molecule has 0 spiro atoms. The molecule has 0 amide bonds. The Morgan fingerprint density at radius 1 is 0.818 bits per heavy atom. The minimum Gasteiger partial charge on any atom is -0.103 e. The van der Waals surface area contributed by atoms with Crippen LogP contribution in [0.5, 0.6) is 0 Å². The Hall–Kier alpha value is -0.260. The molecule has 0 aromatic rings. The normalized spacial score (nSPS) is 23.3. The summed E-state index contributed by atoms with van der Waals surface area (Å²) in [5, 5.41) is 0. The van der Waals surface area contributed by atoms with E-state index in [0.29, 0.717) is 0 Å². The van der Waals surface area contributed by atoms with Gasteiger partial charge in [-0.25, -0.2) is 0 Å². The van der Waals surface area contributed by atoms with Gasteiger partial charge in [-0.05, 0) is 18.8 Å². The smallest absolute Gasteiger partial charge is 0.0236 e. The summed E-state index contributed by atoms with van der Waals surface area (Å²) in [6.07, 6.45) is 13.6. The van der Waals surface area contributed by atoms with E-state index in [1.807, 2.05) is 0 Å². The minimum absolute atomic E-state index is 0.827. The van der Waals surface area contributed by atoms with E-state index in [1.165, 1.54) is 51.4 Å². The van der Waals surface area contributed by atoms with Crippen molar-refractivity contribution in [2.45, 2.75) is 51.4 Å². The van der Waals surface area contributed by atoms with Crippen molar-refractivity contribution in [2.24, 2.45) is 5.92 Å². The van der Waals surface area contributed by atoms with Gasteiger partial charge in [0.05, 0.1) is 0 Å². The Balaban J connectivity index is 2.24. The van der Waals surface area contributed by atoms with Crippen molar-refractivity contribution in [3.8, 4) is 0 Å². The van der Waals surface area contributed by atoms with Crippen molar-refractivity contribution in [2.75, 3.05) is 0 Å². The van der Waals surface area contributed by atoms with Crippen molar-refractivity contribution in [1.29, 1.82) is 0 Å². The fourth-order valence-electron chi connectivity index (χ4n) is 1.90. The van der Waals surface area contributed by atoms with Crippen LogP contribution >= 0.6 is 0 Å². The second-order valence-corrected chi connectivity index (χ2v) is 3.69. The topological polar surface area (TPSA) is 0 Å². The molecule has 0 N–H and O–H groups in total. The summed E-state index contributed by atoms with van der Waals surface area (Å²) in [6, 6.07) is 0. The molecule has 0 atom stereocenters. The maximum atomic E-state index is 3.89. The highest BCUT2D eigenvalue weighted by Crippen LogP contribution is 2.21. The van der Waals surface area contributed by atoms with Gasteiger partial charge in [-0.3, -0.25) is 0 Å². The van der Waals surface area contributed by atoms with Gasteiger partial charge in [0.15, 0.2) is 0 Å². The second-order valence-electron chi connectivity index (χ2n) is 3.69. The standard InChI is InChI=1S/C11H20/c1-2-11-9-7-5-3-4-6-8-10-11/h2,11H,1,3-10H2. The Labute approximate surface area is 70.7 Å². The fourth-order valence-corrected chi connectivity index (χ4v) is 1.90. The van der Waals surface area contributed by atoms with E-state index in [-0.39, 0.29) is 0 Å². The molecular formula is C11H20. The summed E-state index contributed by atoms with van der Waals surface area (Å²) in [5.41, 5.74) is 0. The number of hydrogen-bond donors (Lipinski definition) is 0. The molecule has 0 bridgehead atoms. The van der Waals surface area contributed by atoms with Gasteiger partial charge in [-0.1, -0.05) is 44.6 Å². The molecule has 1 fully saturated rings. The summed E-state index contributed by atoms with van der Waals surface area (Å²) < 4.78 is 0. The third-order valence-corrected chi connectivity index (χ3v) is 2.73. The average molecular weight is 152 g/mol. The fraction of sp³-hybridized carbons (Fsp3) is 0.818. The molecule has 1 aliphatic rings. The molecule has 0 aliphatic heterocycles. The van der Waals surface area contributed by atoms with Crippen LogP contribution in [0.15, 0.2) is 12.7 Å². The van der Waals surface area contributed by atoms with Gasteiger partial charge in [-0.15, -0.1) is 6.58 Å². The highest BCUT2D eigenvalue weighted by Gasteiger charge is 2.05. The van der Waals surface area contributed by atoms with Crippen molar-refractivity contribution in [3.05, 3.63) is 12.7 Å². The van der Waals surface area contributed by atoms with Gasteiger partial charge in [0.2, 0.25) is 0 Å². The quantitative estimate of drug-likeness (QED) is 0.499. The summed E-state index contributed by atoms with van der Waals surface area (Å²) >= 11 is 0. The number of allylic oxidation sites excluding steroid dienone is 1. The predicted molar refractivity (Wildman–Crippen MR) is 50.6 cm³/mol. The maximum Gasteiger partial charge on any atom is -0.0236 e. The lowest BCUT2D eigenvalue weighted by atomic mass is 9.97. The van der Waals surface area contributed by atoms with Crippen LogP contribution in [0, 0.1) is 5.92 Å². The minimum atomic E-state index is 0.827. The number of rotatable bonds is 1. The van der Waals surface area contributed by atoms with E-state index >= 15 is 0 Å². The molecule has 1 aliphatic carbocycles. The zero-order valence-electron chi connectivity index (χ0n) is 7.52. The SMILES string of the molecule is C=CC1CCCCCCCC1. The lowest BCUT2D eigenvalue weighted by molar-refractivity contribution is 0.511. The predicted octanol–water partition coefficient (Wildman–Crippen LogP) is 3.92. The number of hydrogen-bond acceptors (Lipinski definition) is 0. The van der Waals surface area contributed by atoms with Gasteiger partial charge in [-0.2, -0.15) is 0 Å². The van der Waals surface area contributed by atoms with Crippen LogP contribution in [0.2, 0.25) is 0 Å². The van der Waals surface area contributed by atoms with Crippen LogP contribution in [0.1, 0.15) is 51.4 Å². The van der Waals surface area contributed by atoms with Crippen LogP contribution in [0.3, 0.4) is 0 Å². The molecule has 0 heterocycles. The lowest BCUT2D eigenvalue weighted by Crippen LogP contribution is -1.94. The Morgan fingerprint density at radius 3 is 1.73 bits per heavy atom. The summed E-state index contributed by atoms with van der Waals surface area (Å²) in [6.45, 7) is 3.89. The maximum absolute atomic E-state index is 3.89. The van der Waals surface area contributed by atoms with Gasteiger partial charge < -0.3 is 0 Å². The lowest BCUT2D eigenvalue weighted by Gasteiger charge is -2.08. The molecule has 64 valence electrons. The van der Waals surface area contributed by atoms with Crippen LogP contribution in [0.25, 0.3) is 0 Å². The van der Waals surface area contributed by atoms with Crippen LogP contribution in [-0.4, -0.2) is 0 Å². The average Bonchev–Trinajstić information content (AvgIpc) is 2.16. The van der Waals surface area contributed by atoms with E-state index in [0.717, 1.165) is 5.92 Å². The Kier molecular flexibility index (Phi) is 4.33. The van der Waals surface area contributed by atoms with E-state index in [1.54, 1.807) is 0 Å². The van der Waals surface area contributed by atoms with Gasteiger partial charge in [0.25, 0.3) is 0 Å². The van der Waals surface area contributed by atoms with Crippen molar-refractivity contribution in [1.82, 2.24) is 0 Å². The summed E-state index contributed by atoms with van der Waals surface area (Å²) in [4.78, 5) is 0. The Morgan fingerprint density at radius 2 is 1.27 bits per heavy atom. The zero-order valence-corrected chi connectivity index (χ0v) is 7.52.